The smallest absolute Gasteiger partial charge is 0.0932 e. The van der Waals surface area contributed by atoms with E-state index < -0.39 is 0 Å². The summed E-state index contributed by atoms with van der Waals surface area (Å²) in [6.07, 6.45) is 5.50. The molecular weight excluding hydrogens is 218 g/mol. The number of aryl methyl sites for hydroxylation is 1. The van der Waals surface area contributed by atoms with Crippen molar-refractivity contribution in [2.75, 3.05) is 6.54 Å². The summed E-state index contributed by atoms with van der Waals surface area (Å²) < 4.78 is 0. The zero-order valence-corrected chi connectivity index (χ0v) is 10.1. The molecule has 2 N–H and O–H groups in total. The Morgan fingerprint density at radius 1 is 1.44 bits per heavy atom. The Bertz CT molecular complexity index is 451. The number of nitrogens with zero attached hydrogens (tertiary/aromatic N) is 2. The van der Waals surface area contributed by atoms with Gasteiger partial charge >= 0.3 is 0 Å². The lowest BCUT2D eigenvalue weighted by molar-refractivity contribution is 0.984. The fraction of sp³-hybridized carbons (Fsp3) is 0.333. The van der Waals surface area contributed by atoms with Gasteiger partial charge in [-0.1, -0.05) is 6.92 Å². The van der Waals surface area contributed by atoms with Gasteiger partial charge in [-0.05, 0) is 31.5 Å². The van der Waals surface area contributed by atoms with Crippen molar-refractivity contribution in [3.8, 4) is 11.3 Å². The van der Waals surface area contributed by atoms with Gasteiger partial charge in [0, 0.05) is 22.8 Å². The highest BCUT2D eigenvalue weighted by Crippen LogP contribution is 2.28. The van der Waals surface area contributed by atoms with Crippen molar-refractivity contribution in [2.24, 2.45) is 5.73 Å². The van der Waals surface area contributed by atoms with Crippen molar-refractivity contribution in [1.82, 2.24) is 9.97 Å². The third-order valence-corrected chi connectivity index (χ3v) is 3.61. The molecule has 2 rings (SSSR count). The molecular formula is C12H15N3S. The van der Waals surface area contributed by atoms with Gasteiger partial charge in [0.1, 0.15) is 0 Å². The Hall–Kier alpha value is -1.26. The Morgan fingerprint density at radius 3 is 2.94 bits per heavy atom. The monoisotopic (exact) mass is 233 g/mol. The van der Waals surface area contributed by atoms with Crippen molar-refractivity contribution in [3.63, 3.8) is 0 Å². The van der Waals surface area contributed by atoms with Gasteiger partial charge < -0.3 is 5.73 Å². The zero-order valence-electron chi connectivity index (χ0n) is 9.31. The summed E-state index contributed by atoms with van der Waals surface area (Å²) in [5.41, 5.74) is 7.76. The molecule has 0 fully saturated rings. The van der Waals surface area contributed by atoms with E-state index in [2.05, 4.69) is 16.9 Å². The minimum Gasteiger partial charge on any atom is -0.330 e. The quantitative estimate of drug-likeness (QED) is 0.881. The molecule has 16 heavy (non-hydrogen) atoms. The summed E-state index contributed by atoms with van der Waals surface area (Å²) in [5.74, 6) is 0. The molecule has 0 spiro atoms. The summed E-state index contributed by atoms with van der Waals surface area (Å²) in [7, 11) is 0. The van der Waals surface area contributed by atoms with Crippen LogP contribution in [0.25, 0.3) is 11.3 Å². The van der Waals surface area contributed by atoms with Crippen LogP contribution in [0.15, 0.2) is 24.5 Å². The van der Waals surface area contributed by atoms with Gasteiger partial charge in [-0.2, -0.15) is 0 Å². The van der Waals surface area contributed by atoms with Crippen LogP contribution in [0.5, 0.6) is 0 Å². The minimum atomic E-state index is 0.665. The molecule has 4 heteroatoms. The number of hydrogen-bond donors (Lipinski definition) is 1. The van der Waals surface area contributed by atoms with E-state index in [1.54, 1.807) is 17.5 Å². The summed E-state index contributed by atoms with van der Waals surface area (Å²) in [4.78, 5) is 10.0. The first-order valence-corrected chi connectivity index (χ1v) is 6.25. The van der Waals surface area contributed by atoms with Crippen molar-refractivity contribution in [3.05, 3.63) is 34.4 Å². The van der Waals surface area contributed by atoms with Gasteiger partial charge in [-0.3, -0.25) is 4.98 Å². The van der Waals surface area contributed by atoms with E-state index in [4.69, 9.17) is 5.73 Å². The first-order chi connectivity index (χ1) is 7.85. The van der Waals surface area contributed by atoms with Gasteiger partial charge in [-0.15, -0.1) is 11.3 Å². The number of thiazole rings is 1. The van der Waals surface area contributed by atoms with E-state index in [1.807, 2.05) is 18.3 Å². The molecule has 0 unspecified atom stereocenters. The lowest BCUT2D eigenvalue weighted by Gasteiger charge is -1.99. The molecule has 0 radical (unpaired) electrons. The fourth-order valence-electron chi connectivity index (χ4n) is 1.58. The maximum absolute atomic E-state index is 5.62. The fourth-order valence-corrected chi connectivity index (χ4v) is 2.63. The highest BCUT2D eigenvalue weighted by Gasteiger charge is 2.11. The van der Waals surface area contributed by atoms with E-state index >= 15 is 0 Å². The molecule has 0 aromatic carbocycles. The highest BCUT2D eigenvalue weighted by molar-refractivity contribution is 7.12. The SMILES string of the molecule is CCc1nc(-c2cccnc2)c(CCN)s1. The van der Waals surface area contributed by atoms with Crippen molar-refractivity contribution in [2.45, 2.75) is 19.8 Å². The van der Waals surface area contributed by atoms with Crippen LogP contribution < -0.4 is 5.73 Å². The van der Waals surface area contributed by atoms with E-state index in [1.165, 1.54) is 9.88 Å². The first kappa shape index (κ1) is 11.2. The molecule has 0 atom stereocenters. The molecule has 0 amide bonds. The number of pyridine rings is 1. The molecule has 0 saturated carbocycles. The van der Waals surface area contributed by atoms with Gasteiger partial charge in [0.25, 0.3) is 0 Å². The van der Waals surface area contributed by atoms with Gasteiger partial charge in [-0.25, -0.2) is 4.98 Å². The Balaban J connectivity index is 2.42. The predicted molar refractivity (Wildman–Crippen MR) is 67.5 cm³/mol. The first-order valence-electron chi connectivity index (χ1n) is 5.44. The molecule has 2 aromatic heterocycles. The zero-order chi connectivity index (χ0) is 11.4. The number of rotatable bonds is 4. The molecule has 2 aromatic rings. The summed E-state index contributed by atoms with van der Waals surface area (Å²) >= 11 is 1.76. The summed E-state index contributed by atoms with van der Waals surface area (Å²) in [5, 5.41) is 1.17. The third kappa shape index (κ3) is 2.28. The Morgan fingerprint density at radius 2 is 2.31 bits per heavy atom. The third-order valence-electron chi connectivity index (χ3n) is 2.35. The van der Waals surface area contributed by atoms with Crippen molar-refractivity contribution in [1.29, 1.82) is 0 Å². The normalized spacial score (nSPS) is 10.6. The lowest BCUT2D eigenvalue weighted by atomic mass is 10.1. The maximum Gasteiger partial charge on any atom is 0.0932 e. The van der Waals surface area contributed by atoms with E-state index in [9.17, 15) is 0 Å². The molecule has 0 saturated heterocycles. The minimum absolute atomic E-state index is 0.665. The predicted octanol–water partition coefficient (Wildman–Crippen LogP) is 2.27. The van der Waals surface area contributed by atoms with Crippen LogP contribution in [0.3, 0.4) is 0 Å². The second-order valence-corrected chi connectivity index (χ2v) is 4.68. The largest absolute Gasteiger partial charge is 0.330 e. The van der Waals surface area contributed by atoms with Crippen LogP contribution >= 0.6 is 11.3 Å². The molecule has 0 aliphatic heterocycles. The number of aromatic nitrogens is 2. The second kappa shape index (κ2) is 5.18. The average Bonchev–Trinajstić information content (AvgIpc) is 2.74. The van der Waals surface area contributed by atoms with Crippen LogP contribution in [0.2, 0.25) is 0 Å². The second-order valence-electron chi connectivity index (χ2n) is 3.51. The van der Waals surface area contributed by atoms with Crippen LogP contribution in [-0.4, -0.2) is 16.5 Å². The number of hydrogen-bond acceptors (Lipinski definition) is 4. The van der Waals surface area contributed by atoms with Gasteiger partial charge in [0.05, 0.1) is 10.7 Å². The lowest BCUT2D eigenvalue weighted by Crippen LogP contribution is -2.02. The molecule has 0 aliphatic carbocycles. The molecule has 84 valence electrons. The topological polar surface area (TPSA) is 51.8 Å². The molecule has 0 aliphatic rings. The van der Waals surface area contributed by atoms with Gasteiger partial charge in [0.2, 0.25) is 0 Å². The van der Waals surface area contributed by atoms with Crippen LogP contribution in [0.1, 0.15) is 16.8 Å². The molecule has 2 heterocycles. The van der Waals surface area contributed by atoms with E-state index in [0.717, 1.165) is 24.1 Å². The van der Waals surface area contributed by atoms with Crippen LogP contribution in [0.4, 0.5) is 0 Å². The summed E-state index contributed by atoms with van der Waals surface area (Å²) in [6, 6.07) is 3.98. The number of nitrogens with two attached hydrogens (primary N) is 1. The standard InChI is InChI=1S/C12H15N3S/c1-2-11-15-12(10(16-11)5-6-13)9-4-3-7-14-8-9/h3-4,7-8H,2,5-6,13H2,1H3. The Labute approximate surface area is 99.4 Å². The average molecular weight is 233 g/mol. The maximum atomic E-state index is 5.62. The molecule has 3 nitrogen and oxygen atoms in total. The highest BCUT2D eigenvalue weighted by atomic mass is 32.1. The van der Waals surface area contributed by atoms with E-state index in [-0.39, 0.29) is 0 Å². The van der Waals surface area contributed by atoms with Crippen LogP contribution in [0, 0.1) is 0 Å². The summed E-state index contributed by atoms with van der Waals surface area (Å²) in [6.45, 7) is 2.79. The van der Waals surface area contributed by atoms with Crippen molar-refractivity contribution < 1.29 is 0 Å². The Kier molecular flexibility index (Phi) is 3.64. The van der Waals surface area contributed by atoms with Gasteiger partial charge in [0.15, 0.2) is 0 Å². The molecule has 0 bridgehead atoms. The van der Waals surface area contributed by atoms with Crippen LogP contribution in [-0.2, 0) is 12.8 Å². The van der Waals surface area contributed by atoms with Crippen molar-refractivity contribution >= 4 is 11.3 Å². The van der Waals surface area contributed by atoms with E-state index in [0.29, 0.717) is 6.54 Å².